The van der Waals surface area contributed by atoms with Crippen molar-refractivity contribution in [2.24, 2.45) is 0 Å². The number of aromatic nitrogens is 1. The molecule has 86 valence electrons. The normalized spacial score (nSPS) is 9.94. The van der Waals surface area contributed by atoms with Crippen molar-refractivity contribution in [2.75, 3.05) is 11.9 Å². The van der Waals surface area contributed by atoms with Crippen molar-refractivity contribution in [3.05, 3.63) is 65.6 Å². The second kappa shape index (κ2) is 4.65. The minimum Gasteiger partial charge on any atom is -0.619 e. The maximum absolute atomic E-state index is 12.1. The summed E-state index contributed by atoms with van der Waals surface area (Å²) < 4.78 is 0.685. The van der Waals surface area contributed by atoms with E-state index in [0.29, 0.717) is 16.0 Å². The molecule has 0 bridgehead atoms. The largest absolute Gasteiger partial charge is 0.619 e. The second-order valence-electron chi connectivity index (χ2n) is 3.65. The zero-order chi connectivity index (χ0) is 12.3. The Kier molecular flexibility index (Phi) is 3.05. The molecule has 2 rings (SSSR count). The molecule has 17 heavy (non-hydrogen) atoms. The van der Waals surface area contributed by atoms with Crippen LogP contribution in [0.25, 0.3) is 0 Å². The lowest BCUT2D eigenvalue weighted by atomic mass is 10.2. The summed E-state index contributed by atoms with van der Waals surface area (Å²) in [5, 5.41) is 10.9. The van der Waals surface area contributed by atoms with Crippen molar-refractivity contribution < 1.29 is 9.52 Å². The van der Waals surface area contributed by atoms with Gasteiger partial charge in [-0.25, -0.2) is 0 Å². The lowest BCUT2D eigenvalue weighted by Gasteiger charge is -2.16. The summed E-state index contributed by atoms with van der Waals surface area (Å²) in [6.45, 7) is 0. The summed E-state index contributed by atoms with van der Waals surface area (Å²) in [4.78, 5) is 13.6. The Labute approximate surface area is 99.3 Å². The third kappa shape index (κ3) is 2.42. The Morgan fingerprint density at radius 3 is 2.29 bits per heavy atom. The second-order valence-corrected chi connectivity index (χ2v) is 3.65. The monoisotopic (exact) mass is 228 g/mol. The molecule has 0 unspecified atom stereocenters. The van der Waals surface area contributed by atoms with Crippen LogP contribution >= 0.6 is 0 Å². The molecule has 0 spiro atoms. The Hall–Kier alpha value is -2.36. The summed E-state index contributed by atoms with van der Waals surface area (Å²) in [6.07, 6.45) is 2.73. The van der Waals surface area contributed by atoms with E-state index in [1.165, 1.54) is 17.3 Å². The van der Waals surface area contributed by atoms with E-state index in [-0.39, 0.29) is 5.91 Å². The number of benzene rings is 1. The van der Waals surface area contributed by atoms with Gasteiger partial charge in [0.2, 0.25) is 0 Å². The Balaban J connectivity index is 2.23. The van der Waals surface area contributed by atoms with Crippen LogP contribution < -0.4 is 9.63 Å². The van der Waals surface area contributed by atoms with Crippen molar-refractivity contribution >= 4 is 11.6 Å². The number of hydrogen-bond acceptors (Lipinski definition) is 2. The molecule has 1 aromatic carbocycles. The van der Waals surface area contributed by atoms with Crippen molar-refractivity contribution in [2.45, 2.75) is 0 Å². The van der Waals surface area contributed by atoms with Crippen LogP contribution in [0.15, 0.2) is 54.9 Å². The predicted octanol–water partition coefficient (Wildman–Crippen LogP) is 1.60. The molecule has 4 nitrogen and oxygen atoms in total. The molecule has 1 aromatic heterocycles. The van der Waals surface area contributed by atoms with E-state index in [9.17, 15) is 10.0 Å². The number of pyridine rings is 1. The van der Waals surface area contributed by atoms with E-state index in [2.05, 4.69) is 0 Å². The van der Waals surface area contributed by atoms with Gasteiger partial charge in [-0.15, -0.1) is 0 Å². The molecule has 0 aliphatic rings. The average molecular weight is 228 g/mol. The van der Waals surface area contributed by atoms with E-state index in [0.717, 1.165) is 0 Å². The summed E-state index contributed by atoms with van der Waals surface area (Å²) >= 11 is 0. The molecule has 0 fully saturated rings. The Morgan fingerprint density at radius 1 is 1.12 bits per heavy atom. The SMILES string of the molecule is CN(C(=O)c1ccccc1)c1cc[n+]([O-])cc1. The average Bonchev–Trinajstić information content (AvgIpc) is 2.39. The molecule has 0 aliphatic heterocycles. The fourth-order valence-corrected chi connectivity index (χ4v) is 1.52. The fourth-order valence-electron chi connectivity index (χ4n) is 1.52. The van der Waals surface area contributed by atoms with Gasteiger partial charge in [-0.05, 0) is 12.1 Å². The van der Waals surface area contributed by atoms with Crippen molar-refractivity contribution in [3.63, 3.8) is 0 Å². The standard InChI is InChI=1S/C13H12N2O2/c1-14(12-7-9-15(17)10-8-12)13(16)11-5-3-2-4-6-11/h2-10H,1H3. The highest BCUT2D eigenvalue weighted by atomic mass is 16.5. The lowest BCUT2D eigenvalue weighted by Crippen LogP contribution is -2.29. The molecule has 0 aliphatic carbocycles. The highest BCUT2D eigenvalue weighted by Gasteiger charge is 2.13. The van der Waals surface area contributed by atoms with Crippen LogP contribution in [0.3, 0.4) is 0 Å². The maximum Gasteiger partial charge on any atom is 0.258 e. The molecule has 0 radical (unpaired) electrons. The molecule has 4 heteroatoms. The highest BCUT2D eigenvalue weighted by molar-refractivity contribution is 6.05. The Morgan fingerprint density at radius 2 is 1.71 bits per heavy atom. The summed E-state index contributed by atoms with van der Waals surface area (Å²) in [6, 6.07) is 12.2. The third-order valence-corrected chi connectivity index (χ3v) is 2.50. The molecule has 2 aromatic rings. The summed E-state index contributed by atoms with van der Waals surface area (Å²) in [5.41, 5.74) is 1.31. The van der Waals surface area contributed by atoms with E-state index >= 15 is 0 Å². The summed E-state index contributed by atoms with van der Waals surface area (Å²) in [7, 11) is 1.68. The van der Waals surface area contributed by atoms with Gasteiger partial charge < -0.3 is 10.1 Å². The minimum absolute atomic E-state index is 0.103. The van der Waals surface area contributed by atoms with E-state index in [1.807, 2.05) is 18.2 Å². The van der Waals surface area contributed by atoms with Gasteiger partial charge in [0, 0.05) is 24.7 Å². The van der Waals surface area contributed by atoms with Gasteiger partial charge in [0.15, 0.2) is 12.4 Å². The number of rotatable bonds is 2. The number of nitrogens with zero attached hydrogens (tertiary/aromatic N) is 2. The van der Waals surface area contributed by atoms with Crippen LogP contribution in [0.2, 0.25) is 0 Å². The zero-order valence-electron chi connectivity index (χ0n) is 9.41. The van der Waals surface area contributed by atoms with Gasteiger partial charge in [-0.3, -0.25) is 4.79 Å². The quantitative estimate of drug-likeness (QED) is 0.579. The Bertz CT molecular complexity index is 509. The van der Waals surface area contributed by atoms with Crippen molar-refractivity contribution in [3.8, 4) is 0 Å². The van der Waals surface area contributed by atoms with Gasteiger partial charge in [-0.2, -0.15) is 4.73 Å². The van der Waals surface area contributed by atoms with Crippen LogP contribution in [0.4, 0.5) is 5.69 Å². The molecular weight excluding hydrogens is 216 g/mol. The number of amides is 1. The zero-order valence-corrected chi connectivity index (χ0v) is 9.41. The van der Waals surface area contributed by atoms with E-state index < -0.39 is 0 Å². The van der Waals surface area contributed by atoms with Crippen molar-refractivity contribution in [1.82, 2.24) is 0 Å². The number of hydrogen-bond donors (Lipinski definition) is 0. The number of carbonyl (C=O) groups is 1. The maximum atomic E-state index is 12.1. The van der Waals surface area contributed by atoms with Crippen LogP contribution in [0.1, 0.15) is 10.4 Å². The van der Waals surface area contributed by atoms with E-state index in [4.69, 9.17) is 0 Å². The molecule has 1 amide bonds. The van der Waals surface area contributed by atoms with Crippen LogP contribution in [-0.2, 0) is 0 Å². The van der Waals surface area contributed by atoms with Crippen molar-refractivity contribution in [1.29, 1.82) is 0 Å². The first kappa shape index (κ1) is 11.1. The van der Waals surface area contributed by atoms with Crippen LogP contribution in [-0.4, -0.2) is 13.0 Å². The van der Waals surface area contributed by atoms with Gasteiger partial charge in [0.25, 0.3) is 5.91 Å². The molecule has 0 atom stereocenters. The van der Waals surface area contributed by atoms with Crippen LogP contribution in [0, 0.1) is 5.21 Å². The summed E-state index contributed by atoms with van der Waals surface area (Å²) in [5.74, 6) is -0.103. The third-order valence-electron chi connectivity index (χ3n) is 2.50. The topological polar surface area (TPSA) is 47.2 Å². The van der Waals surface area contributed by atoms with Gasteiger partial charge in [0.05, 0.1) is 5.69 Å². The first-order valence-corrected chi connectivity index (χ1v) is 5.20. The molecule has 0 saturated heterocycles. The molecule has 0 N–H and O–H groups in total. The lowest BCUT2D eigenvalue weighted by molar-refractivity contribution is -0.605. The molecular formula is C13H12N2O2. The molecule has 1 heterocycles. The van der Waals surface area contributed by atoms with Gasteiger partial charge in [0.1, 0.15) is 0 Å². The predicted molar refractivity (Wildman–Crippen MR) is 64.6 cm³/mol. The highest BCUT2D eigenvalue weighted by Crippen LogP contribution is 2.13. The van der Waals surface area contributed by atoms with E-state index in [1.54, 1.807) is 31.3 Å². The smallest absolute Gasteiger partial charge is 0.258 e. The first-order valence-electron chi connectivity index (χ1n) is 5.20. The minimum atomic E-state index is -0.103. The number of anilines is 1. The molecule has 0 saturated carbocycles. The first-order chi connectivity index (χ1) is 8.18. The van der Waals surface area contributed by atoms with Gasteiger partial charge in [-0.1, -0.05) is 18.2 Å². The van der Waals surface area contributed by atoms with Gasteiger partial charge >= 0.3 is 0 Å². The fraction of sp³-hybridized carbons (Fsp3) is 0.0769. The number of carbonyl (C=O) groups excluding carboxylic acids is 1. The van der Waals surface area contributed by atoms with Crippen LogP contribution in [0.5, 0.6) is 0 Å².